The molecule has 0 aliphatic rings. The smallest absolute Gasteiger partial charge is 0.251 e. The van der Waals surface area contributed by atoms with Crippen LogP contribution in [0.4, 0.5) is 11.4 Å². The van der Waals surface area contributed by atoms with Gasteiger partial charge < -0.3 is 9.80 Å². The van der Waals surface area contributed by atoms with Crippen molar-refractivity contribution in [1.82, 2.24) is 4.58 Å². The quantitative estimate of drug-likeness (QED) is 0.668. The first-order valence-corrected chi connectivity index (χ1v) is 5.83. The molecule has 0 amide bonds. The molecule has 0 aliphatic heterocycles. The second-order valence-electron chi connectivity index (χ2n) is 4.09. The number of nitrogens with zero attached hydrogens (tertiary/aromatic N) is 3. The maximum absolute atomic E-state index is 2.32. The van der Waals surface area contributed by atoms with Gasteiger partial charge in [-0.25, -0.2) is 4.58 Å². The maximum atomic E-state index is 2.32. The molecule has 0 fully saturated rings. The predicted octanol–water partition coefficient (Wildman–Crippen LogP) is 0.896. The normalized spacial score (nSPS) is 10.8. The fourth-order valence-corrected chi connectivity index (χ4v) is 1.72. The van der Waals surface area contributed by atoms with Crippen molar-refractivity contribution in [1.29, 1.82) is 0 Å². The lowest BCUT2D eigenvalue weighted by Crippen LogP contribution is -2.24. The number of anilines is 2. The third-order valence-electron chi connectivity index (χ3n) is 3.18. The fourth-order valence-electron chi connectivity index (χ4n) is 1.72. The lowest BCUT2D eigenvalue weighted by Gasteiger charge is -2.13. The van der Waals surface area contributed by atoms with E-state index in [0.29, 0.717) is 0 Å². The molecule has 0 radical (unpaired) electrons. The highest BCUT2D eigenvalue weighted by Gasteiger charge is 2.32. The van der Waals surface area contributed by atoms with Crippen LogP contribution < -0.4 is 19.7 Å². The van der Waals surface area contributed by atoms with Gasteiger partial charge in [0.1, 0.15) is 25.0 Å². The third-order valence-corrected chi connectivity index (χ3v) is 3.18. The van der Waals surface area contributed by atoms with E-state index in [4.69, 9.17) is 0 Å². The molecule has 0 saturated carbocycles. The van der Waals surface area contributed by atoms with E-state index in [-0.39, 0.29) is 0 Å². The van der Waals surface area contributed by atoms with E-state index >= 15 is 0 Å². The summed E-state index contributed by atoms with van der Waals surface area (Å²) in [6, 6.07) is 0. The van der Waals surface area contributed by atoms with E-state index in [0.717, 1.165) is 19.6 Å². The molecule has 0 aliphatic carbocycles. The summed E-state index contributed by atoms with van der Waals surface area (Å²) in [5.74, 6) is 0. The average molecular weight is 210 g/mol. The number of hydrogen-bond acceptors (Lipinski definition) is 2. The molecule has 0 saturated heterocycles. The molecule has 0 spiro atoms. The molecule has 15 heavy (non-hydrogen) atoms. The Labute approximate surface area is 93.3 Å². The van der Waals surface area contributed by atoms with Crippen molar-refractivity contribution >= 4 is 11.4 Å². The second kappa shape index (κ2) is 4.69. The van der Waals surface area contributed by atoms with Crippen molar-refractivity contribution in [3.05, 3.63) is 5.36 Å². The van der Waals surface area contributed by atoms with Crippen LogP contribution in [0.15, 0.2) is 0 Å². The van der Waals surface area contributed by atoms with Crippen LogP contribution in [0, 0.1) is 0 Å². The number of hydrogen-bond donors (Lipinski definition) is 0. The highest BCUT2D eigenvalue weighted by Crippen LogP contribution is 2.30. The zero-order chi connectivity index (χ0) is 11.6. The average Bonchev–Trinajstić information content (AvgIpc) is 3.00. The van der Waals surface area contributed by atoms with E-state index in [1.165, 1.54) is 16.7 Å². The van der Waals surface area contributed by atoms with Gasteiger partial charge in [0.15, 0.2) is 0 Å². The Kier molecular flexibility index (Phi) is 3.77. The van der Waals surface area contributed by atoms with Crippen molar-refractivity contribution in [2.24, 2.45) is 0 Å². The van der Waals surface area contributed by atoms with Gasteiger partial charge in [-0.1, -0.05) is 0 Å². The fraction of sp³-hybridized carbons (Fsp3) is 0.750. The van der Waals surface area contributed by atoms with Gasteiger partial charge >= 0.3 is 0 Å². The monoisotopic (exact) mass is 210 g/mol. The summed E-state index contributed by atoms with van der Waals surface area (Å²) in [7, 11) is 6.49. The van der Waals surface area contributed by atoms with E-state index in [9.17, 15) is 0 Å². The van der Waals surface area contributed by atoms with Gasteiger partial charge in [0.25, 0.3) is 5.36 Å². The van der Waals surface area contributed by atoms with Crippen LogP contribution in [-0.2, 0) is 0 Å². The predicted molar refractivity (Wildman–Crippen MR) is 68.4 cm³/mol. The van der Waals surface area contributed by atoms with Crippen molar-refractivity contribution in [2.75, 3.05) is 50.6 Å². The molecule has 1 aromatic rings. The van der Waals surface area contributed by atoms with Crippen LogP contribution in [0.5, 0.6) is 0 Å². The standard InChI is InChI=1S/C12H24N3/c1-7-13(4)10-11(14(5)8-2)12(10)15(6)9-3/h7-9H2,1-6H3/q+1. The molecule has 1 aromatic carbocycles. The first kappa shape index (κ1) is 12.1. The molecule has 0 aromatic heterocycles. The Balaban J connectivity index is 3.06. The third kappa shape index (κ3) is 2.16. The molecule has 3 nitrogen and oxygen atoms in total. The summed E-state index contributed by atoms with van der Waals surface area (Å²) in [5.41, 5.74) is 2.84. The molecule has 1 rings (SSSR count). The Morgan fingerprint density at radius 2 is 1.33 bits per heavy atom. The minimum absolute atomic E-state index is 1.07. The molecule has 3 heteroatoms. The van der Waals surface area contributed by atoms with E-state index in [1.54, 1.807) is 0 Å². The minimum Gasteiger partial charge on any atom is -0.368 e. The van der Waals surface area contributed by atoms with Gasteiger partial charge in [-0.15, -0.1) is 0 Å². The molecular weight excluding hydrogens is 186 g/mol. The first-order chi connectivity index (χ1) is 7.08. The molecule has 0 bridgehead atoms. The zero-order valence-corrected chi connectivity index (χ0v) is 11.0. The van der Waals surface area contributed by atoms with Gasteiger partial charge in [-0.3, -0.25) is 0 Å². The SMILES string of the molecule is CCN(C)c1c(N(C)CC)c1=[N+](C)CC. The first-order valence-electron chi connectivity index (χ1n) is 5.83. The molecule has 0 unspecified atom stereocenters. The van der Waals surface area contributed by atoms with Gasteiger partial charge in [-0.2, -0.15) is 0 Å². The summed E-state index contributed by atoms with van der Waals surface area (Å²) < 4.78 is 2.32. The summed E-state index contributed by atoms with van der Waals surface area (Å²) in [6.45, 7) is 9.78. The summed E-state index contributed by atoms with van der Waals surface area (Å²) in [5, 5.41) is 1.42. The minimum atomic E-state index is 1.07. The Morgan fingerprint density at radius 1 is 0.933 bits per heavy atom. The summed E-state index contributed by atoms with van der Waals surface area (Å²) in [6.07, 6.45) is 0. The molecule has 0 atom stereocenters. The summed E-state index contributed by atoms with van der Waals surface area (Å²) >= 11 is 0. The lowest BCUT2D eigenvalue weighted by molar-refractivity contribution is 0.716. The van der Waals surface area contributed by atoms with Crippen LogP contribution in [-0.4, -0.2) is 40.8 Å². The Hall–Kier alpha value is -0.990. The van der Waals surface area contributed by atoms with Gasteiger partial charge in [0, 0.05) is 27.2 Å². The van der Waals surface area contributed by atoms with Crippen LogP contribution in [0.1, 0.15) is 20.8 Å². The Morgan fingerprint density at radius 3 is 1.60 bits per heavy atom. The van der Waals surface area contributed by atoms with Crippen LogP contribution in [0.2, 0.25) is 0 Å². The summed E-state index contributed by atoms with van der Waals surface area (Å²) in [4.78, 5) is 4.64. The van der Waals surface area contributed by atoms with Crippen molar-refractivity contribution in [3.8, 4) is 0 Å². The molecule has 0 N–H and O–H groups in total. The van der Waals surface area contributed by atoms with Crippen LogP contribution in [0.25, 0.3) is 0 Å². The maximum Gasteiger partial charge on any atom is 0.251 e. The van der Waals surface area contributed by atoms with Crippen LogP contribution in [0.3, 0.4) is 0 Å². The van der Waals surface area contributed by atoms with Gasteiger partial charge in [0.05, 0.1) is 0 Å². The second-order valence-corrected chi connectivity index (χ2v) is 4.09. The zero-order valence-electron chi connectivity index (χ0n) is 11.0. The Bertz CT molecular complexity index is 320. The van der Waals surface area contributed by atoms with Crippen molar-refractivity contribution in [2.45, 2.75) is 20.8 Å². The number of rotatable bonds is 5. The van der Waals surface area contributed by atoms with Crippen LogP contribution >= 0.6 is 0 Å². The largest absolute Gasteiger partial charge is 0.368 e. The topological polar surface area (TPSA) is 9.49 Å². The van der Waals surface area contributed by atoms with Crippen molar-refractivity contribution in [3.63, 3.8) is 0 Å². The van der Waals surface area contributed by atoms with Gasteiger partial charge in [-0.05, 0) is 20.8 Å². The van der Waals surface area contributed by atoms with E-state index in [1.807, 2.05) is 0 Å². The van der Waals surface area contributed by atoms with Crippen molar-refractivity contribution < 1.29 is 0 Å². The molecular formula is C12H24N3+. The highest BCUT2D eigenvalue weighted by molar-refractivity contribution is 5.84. The van der Waals surface area contributed by atoms with Gasteiger partial charge in [0.2, 0.25) is 0 Å². The molecule has 0 heterocycles. The van der Waals surface area contributed by atoms with E-state index < -0.39 is 0 Å². The van der Waals surface area contributed by atoms with E-state index in [2.05, 4.69) is 56.3 Å². The molecule has 86 valence electrons. The highest BCUT2D eigenvalue weighted by atomic mass is 15.2. The lowest BCUT2D eigenvalue weighted by atomic mass is 10.5.